The Kier molecular flexibility index (Phi) is 3.19. The number of hydrogen-bond acceptors (Lipinski definition) is 4. The number of aryl methyl sites for hydroxylation is 1. The SMILES string of the molecule is CCN1CCN(C(=O)c2n[nH]c(C)n2)CC1. The summed E-state index contributed by atoms with van der Waals surface area (Å²) in [4.78, 5) is 20.2. The minimum absolute atomic E-state index is 0.0693. The van der Waals surface area contributed by atoms with Crippen LogP contribution in [-0.4, -0.2) is 63.6 Å². The van der Waals surface area contributed by atoms with E-state index in [1.807, 2.05) is 4.90 Å². The lowest BCUT2D eigenvalue weighted by Gasteiger charge is -2.33. The van der Waals surface area contributed by atoms with Gasteiger partial charge in [0, 0.05) is 26.2 Å². The number of aromatic amines is 1. The van der Waals surface area contributed by atoms with Gasteiger partial charge in [-0.1, -0.05) is 6.92 Å². The lowest BCUT2D eigenvalue weighted by molar-refractivity contribution is 0.0631. The molecule has 1 saturated heterocycles. The summed E-state index contributed by atoms with van der Waals surface area (Å²) in [5.74, 6) is 0.887. The van der Waals surface area contributed by atoms with Gasteiger partial charge in [-0.25, -0.2) is 4.98 Å². The number of hydrogen-bond donors (Lipinski definition) is 1. The van der Waals surface area contributed by atoms with Crippen molar-refractivity contribution < 1.29 is 4.79 Å². The summed E-state index contributed by atoms with van der Waals surface area (Å²) in [5.41, 5.74) is 0. The molecule has 0 bridgehead atoms. The van der Waals surface area contributed by atoms with Gasteiger partial charge >= 0.3 is 0 Å². The molecule has 2 rings (SSSR count). The van der Waals surface area contributed by atoms with Crippen LogP contribution in [-0.2, 0) is 0 Å². The minimum atomic E-state index is -0.0693. The standard InChI is InChI=1S/C10H17N5O/c1-3-14-4-6-15(7-5-14)10(16)9-11-8(2)12-13-9/h3-7H2,1-2H3,(H,11,12,13). The topological polar surface area (TPSA) is 65.1 Å². The maximum atomic E-state index is 12.0. The number of carbonyl (C=O) groups excluding carboxylic acids is 1. The molecule has 16 heavy (non-hydrogen) atoms. The van der Waals surface area contributed by atoms with Crippen molar-refractivity contribution in [2.45, 2.75) is 13.8 Å². The quantitative estimate of drug-likeness (QED) is 0.760. The molecule has 1 fully saturated rings. The Bertz CT molecular complexity index is 367. The molecule has 0 aliphatic carbocycles. The fraction of sp³-hybridized carbons (Fsp3) is 0.700. The van der Waals surface area contributed by atoms with Crippen LogP contribution in [0.2, 0.25) is 0 Å². The van der Waals surface area contributed by atoms with Crippen LogP contribution in [0.5, 0.6) is 0 Å². The van der Waals surface area contributed by atoms with Crippen molar-refractivity contribution in [3.8, 4) is 0 Å². The largest absolute Gasteiger partial charge is 0.333 e. The first kappa shape index (κ1) is 11.1. The molecule has 0 radical (unpaired) electrons. The number of H-pyrrole nitrogens is 1. The molecule has 1 aliphatic rings. The van der Waals surface area contributed by atoms with E-state index in [-0.39, 0.29) is 11.7 Å². The number of piperazine rings is 1. The highest BCUT2D eigenvalue weighted by Crippen LogP contribution is 2.05. The molecular weight excluding hydrogens is 206 g/mol. The molecule has 1 amide bonds. The highest BCUT2D eigenvalue weighted by Gasteiger charge is 2.23. The van der Waals surface area contributed by atoms with Crippen molar-refractivity contribution in [1.29, 1.82) is 0 Å². The van der Waals surface area contributed by atoms with Gasteiger partial charge in [0.1, 0.15) is 5.82 Å². The highest BCUT2D eigenvalue weighted by atomic mass is 16.2. The van der Waals surface area contributed by atoms with Gasteiger partial charge < -0.3 is 9.80 Å². The number of nitrogens with zero attached hydrogens (tertiary/aromatic N) is 4. The number of nitrogens with one attached hydrogen (secondary N) is 1. The smallest absolute Gasteiger partial charge is 0.293 e. The summed E-state index contributed by atoms with van der Waals surface area (Å²) in [7, 11) is 0. The first-order valence-electron chi connectivity index (χ1n) is 5.61. The van der Waals surface area contributed by atoms with E-state index in [0.29, 0.717) is 5.82 Å². The van der Waals surface area contributed by atoms with Crippen LogP contribution in [0.15, 0.2) is 0 Å². The van der Waals surface area contributed by atoms with Gasteiger partial charge in [0.25, 0.3) is 5.91 Å². The number of likely N-dealkylation sites (N-methyl/N-ethyl adjacent to an activating group) is 1. The van der Waals surface area contributed by atoms with Crippen molar-refractivity contribution in [3.05, 3.63) is 11.6 Å². The van der Waals surface area contributed by atoms with Crippen LogP contribution in [0.1, 0.15) is 23.4 Å². The van der Waals surface area contributed by atoms with E-state index in [4.69, 9.17) is 0 Å². The normalized spacial score (nSPS) is 17.8. The zero-order valence-corrected chi connectivity index (χ0v) is 9.73. The van der Waals surface area contributed by atoms with E-state index < -0.39 is 0 Å². The van der Waals surface area contributed by atoms with Crippen LogP contribution in [0.3, 0.4) is 0 Å². The van der Waals surface area contributed by atoms with Gasteiger partial charge in [0.05, 0.1) is 0 Å². The molecule has 1 aromatic heterocycles. The number of aromatic nitrogens is 3. The lowest BCUT2D eigenvalue weighted by atomic mass is 10.3. The maximum absolute atomic E-state index is 12.0. The summed E-state index contributed by atoms with van der Waals surface area (Å²) in [6.45, 7) is 8.37. The van der Waals surface area contributed by atoms with Gasteiger partial charge in [-0.2, -0.15) is 0 Å². The Hall–Kier alpha value is -1.43. The van der Waals surface area contributed by atoms with Crippen LogP contribution >= 0.6 is 0 Å². The number of rotatable bonds is 2. The summed E-state index contributed by atoms with van der Waals surface area (Å²) in [6.07, 6.45) is 0. The zero-order valence-electron chi connectivity index (χ0n) is 9.73. The van der Waals surface area contributed by atoms with Crippen molar-refractivity contribution in [2.24, 2.45) is 0 Å². The molecule has 0 aromatic carbocycles. The Morgan fingerprint density at radius 1 is 1.38 bits per heavy atom. The fourth-order valence-electron chi connectivity index (χ4n) is 1.85. The third-order valence-electron chi connectivity index (χ3n) is 2.90. The van der Waals surface area contributed by atoms with Crippen molar-refractivity contribution in [1.82, 2.24) is 25.0 Å². The summed E-state index contributed by atoms with van der Waals surface area (Å²) >= 11 is 0. The average Bonchev–Trinajstić information content (AvgIpc) is 2.75. The first-order chi connectivity index (χ1) is 7.70. The van der Waals surface area contributed by atoms with Crippen LogP contribution < -0.4 is 0 Å². The molecular formula is C10H17N5O. The summed E-state index contributed by atoms with van der Waals surface area (Å²) in [5, 5.41) is 6.58. The van der Waals surface area contributed by atoms with Gasteiger partial charge in [-0.15, -0.1) is 5.10 Å². The van der Waals surface area contributed by atoms with Gasteiger partial charge in [0.2, 0.25) is 5.82 Å². The van der Waals surface area contributed by atoms with Crippen LogP contribution in [0.4, 0.5) is 0 Å². The van der Waals surface area contributed by atoms with Crippen molar-refractivity contribution in [2.75, 3.05) is 32.7 Å². The fourth-order valence-corrected chi connectivity index (χ4v) is 1.85. The highest BCUT2D eigenvalue weighted by molar-refractivity contribution is 5.90. The van der Waals surface area contributed by atoms with E-state index in [0.717, 1.165) is 32.7 Å². The number of carbonyl (C=O) groups is 1. The van der Waals surface area contributed by atoms with Gasteiger partial charge in [-0.3, -0.25) is 9.89 Å². The summed E-state index contributed by atoms with van der Waals surface area (Å²) in [6, 6.07) is 0. The van der Waals surface area contributed by atoms with Crippen molar-refractivity contribution in [3.63, 3.8) is 0 Å². The predicted molar refractivity (Wildman–Crippen MR) is 59.1 cm³/mol. The van der Waals surface area contributed by atoms with Gasteiger partial charge in [0.15, 0.2) is 0 Å². The van der Waals surface area contributed by atoms with Crippen LogP contribution in [0.25, 0.3) is 0 Å². The molecule has 1 aliphatic heterocycles. The van der Waals surface area contributed by atoms with E-state index in [2.05, 4.69) is 27.0 Å². The van der Waals surface area contributed by atoms with Crippen LogP contribution in [0, 0.1) is 6.92 Å². The molecule has 2 heterocycles. The molecule has 0 atom stereocenters. The Balaban J connectivity index is 1.96. The maximum Gasteiger partial charge on any atom is 0.293 e. The second-order valence-electron chi connectivity index (χ2n) is 3.97. The Morgan fingerprint density at radius 3 is 2.56 bits per heavy atom. The molecule has 1 N–H and O–H groups in total. The zero-order chi connectivity index (χ0) is 11.5. The van der Waals surface area contributed by atoms with Gasteiger partial charge in [-0.05, 0) is 13.5 Å². The third-order valence-corrected chi connectivity index (χ3v) is 2.90. The first-order valence-corrected chi connectivity index (χ1v) is 5.61. The minimum Gasteiger partial charge on any atom is -0.333 e. The molecule has 0 unspecified atom stereocenters. The summed E-state index contributed by atoms with van der Waals surface area (Å²) < 4.78 is 0. The van der Waals surface area contributed by atoms with E-state index in [9.17, 15) is 4.79 Å². The average molecular weight is 223 g/mol. The molecule has 6 heteroatoms. The predicted octanol–water partition coefficient (Wildman–Crippen LogP) is -0.109. The second kappa shape index (κ2) is 4.61. The lowest BCUT2D eigenvalue weighted by Crippen LogP contribution is -2.48. The number of amides is 1. The van der Waals surface area contributed by atoms with Crippen molar-refractivity contribution >= 4 is 5.91 Å². The molecule has 88 valence electrons. The molecule has 0 spiro atoms. The molecule has 0 saturated carbocycles. The van der Waals surface area contributed by atoms with E-state index in [1.54, 1.807) is 6.92 Å². The third kappa shape index (κ3) is 2.21. The van der Waals surface area contributed by atoms with E-state index in [1.165, 1.54) is 0 Å². The van der Waals surface area contributed by atoms with E-state index >= 15 is 0 Å². The monoisotopic (exact) mass is 223 g/mol. The molecule has 6 nitrogen and oxygen atoms in total. The molecule has 1 aromatic rings. The second-order valence-corrected chi connectivity index (χ2v) is 3.97. The Labute approximate surface area is 94.6 Å². The Morgan fingerprint density at radius 2 is 2.06 bits per heavy atom.